The lowest BCUT2D eigenvalue weighted by Crippen LogP contribution is -2.24. The minimum absolute atomic E-state index is 0.347. The van der Waals surface area contributed by atoms with E-state index in [1.165, 1.54) is 0 Å². The summed E-state index contributed by atoms with van der Waals surface area (Å²) in [4.78, 5) is 18.0. The first-order valence-corrected chi connectivity index (χ1v) is 7.10. The Morgan fingerprint density at radius 3 is 2.84 bits per heavy atom. The number of fused-ring (bicyclic) bond motifs is 1. The van der Waals surface area contributed by atoms with Crippen LogP contribution in [-0.2, 0) is 12.8 Å². The van der Waals surface area contributed by atoms with Gasteiger partial charge in [-0.3, -0.25) is 0 Å². The van der Waals surface area contributed by atoms with Gasteiger partial charge in [0.1, 0.15) is 11.4 Å². The molecule has 0 bridgehead atoms. The van der Waals surface area contributed by atoms with Crippen molar-refractivity contribution in [2.45, 2.75) is 45.4 Å². The first-order chi connectivity index (χ1) is 9.13. The number of unbranched alkanes of at least 4 members (excludes halogenated alkanes) is 1. The standard InChI is InChI=1S/C15H22N2O2/c1-3-4-9-17(2)14-12(15(18)19)10-11-7-5-6-8-13(11)16-14/h10H,3-9H2,1-2H3,(H,18,19). The van der Waals surface area contributed by atoms with Crippen LogP contribution in [0.4, 0.5) is 5.82 Å². The van der Waals surface area contributed by atoms with Crippen LogP contribution < -0.4 is 4.90 Å². The molecular formula is C15H22N2O2. The number of carbonyl (C=O) groups is 1. The van der Waals surface area contributed by atoms with Gasteiger partial charge in [-0.15, -0.1) is 0 Å². The lowest BCUT2D eigenvalue weighted by molar-refractivity contribution is 0.0697. The quantitative estimate of drug-likeness (QED) is 0.886. The van der Waals surface area contributed by atoms with Crippen LogP contribution in [0.2, 0.25) is 0 Å². The SMILES string of the molecule is CCCCN(C)c1nc2c(cc1C(=O)O)CCCC2. The second kappa shape index (κ2) is 6.04. The molecule has 1 N–H and O–H groups in total. The summed E-state index contributed by atoms with van der Waals surface area (Å²) in [6.45, 7) is 2.98. The zero-order chi connectivity index (χ0) is 13.8. The van der Waals surface area contributed by atoms with Crippen LogP contribution in [-0.4, -0.2) is 29.7 Å². The van der Waals surface area contributed by atoms with Gasteiger partial charge in [0, 0.05) is 19.3 Å². The number of hydrogen-bond acceptors (Lipinski definition) is 3. The molecule has 4 nitrogen and oxygen atoms in total. The normalized spacial score (nSPS) is 14.0. The molecule has 0 unspecified atom stereocenters. The molecule has 4 heteroatoms. The second-order valence-electron chi connectivity index (χ2n) is 5.25. The van der Waals surface area contributed by atoms with E-state index in [-0.39, 0.29) is 0 Å². The number of rotatable bonds is 5. The Balaban J connectivity index is 2.36. The summed E-state index contributed by atoms with van der Waals surface area (Å²) < 4.78 is 0. The molecule has 0 saturated heterocycles. The molecule has 0 spiro atoms. The fraction of sp³-hybridized carbons (Fsp3) is 0.600. The van der Waals surface area contributed by atoms with Gasteiger partial charge < -0.3 is 10.0 Å². The van der Waals surface area contributed by atoms with Gasteiger partial charge in [0.2, 0.25) is 0 Å². The molecule has 0 atom stereocenters. The zero-order valence-electron chi connectivity index (χ0n) is 11.8. The van der Waals surface area contributed by atoms with Gasteiger partial charge in [0.15, 0.2) is 0 Å². The molecule has 0 amide bonds. The van der Waals surface area contributed by atoms with Crippen molar-refractivity contribution in [2.75, 3.05) is 18.5 Å². The summed E-state index contributed by atoms with van der Waals surface area (Å²) in [5.41, 5.74) is 2.56. The number of aromatic nitrogens is 1. The highest BCUT2D eigenvalue weighted by molar-refractivity contribution is 5.93. The molecule has 1 aromatic rings. The van der Waals surface area contributed by atoms with E-state index in [0.29, 0.717) is 11.4 Å². The summed E-state index contributed by atoms with van der Waals surface area (Å²) >= 11 is 0. The van der Waals surface area contributed by atoms with Crippen LogP contribution in [0.1, 0.15) is 54.2 Å². The molecule has 1 aliphatic carbocycles. The zero-order valence-corrected chi connectivity index (χ0v) is 11.8. The molecule has 2 rings (SSSR count). The molecule has 0 saturated carbocycles. The van der Waals surface area contributed by atoms with Crippen molar-refractivity contribution in [3.8, 4) is 0 Å². The van der Waals surface area contributed by atoms with Gasteiger partial charge >= 0.3 is 5.97 Å². The van der Waals surface area contributed by atoms with Crippen LogP contribution in [0.3, 0.4) is 0 Å². The van der Waals surface area contributed by atoms with Gasteiger partial charge in [-0.05, 0) is 43.7 Å². The maximum absolute atomic E-state index is 11.4. The summed E-state index contributed by atoms with van der Waals surface area (Å²) in [5, 5.41) is 9.37. The van der Waals surface area contributed by atoms with Crippen molar-refractivity contribution in [3.05, 3.63) is 22.9 Å². The fourth-order valence-corrected chi connectivity index (χ4v) is 2.57. The predicted molar refractivity (Wildman–Crippen MR) is 76.0 cm³/mol. The largest absolute Gasteiger partial charge is 0.478 e. The summed E-state index contributed by atoms with van der Waals surface area (Å²) in [6.07, 6.45) is 6.38. The van der Waals surface area contributed by atoms with Gasteiger partial charge in [-0.2, -0.15) is 0 Å². The number of carboxylic acid groups (broad SMARTS) is 1. The number of nitrogens with zero attached hydrogens (tertiary/aromatic N) is 2. The Hall–Kier alpha value is -1.58. The first kappa shape index (κ1) is 13.8. The van der Waals surface area contributed by atoms with Crippen molar-refractivity contribution >= 4 is 11.8 Å². The lowest BCUT2D eigenvalue weighted by atomic mass is 9.94. The van der Waals surface area contributed by atoms with Crippen LogP contribution >= 0.6 is 0 Å². The maximum atomic E-state index is 11.4. The first-order valence-electron chi connectivity index (χ1n) is 7.10. The number of pyridine rings is 1. The molecule has 0 aromatic carbocycles. The van der Waals surface area contributed by atoms with Crippen LogP contribution in [0.15, 0.2) is 6.07 Å². The number of anilines is 1. The number of aromatic carboxylic acids is 1. The average Bonchev–Trinajstić information content (AvgIpc) is 2.43. The third kappa shape index (κ3) is 3.06. The third-order valence-corrected chi connectivity index (χ3v) is 3.72. The van der Waals surface area contributed by atoms with E-state index in [2.05, 4.69) is 11.9 Å². The average molecular weight is 262 g/mol. The second-order valence-corrected chi connectivity index (χ2v) is 5.25. The smallest absolute Gasteiger partial charge is 0.339 e. The van der Waals surface area contributed by atoms with E-state index in [9.17, 15) is 9.90 Å². The Kier molecular flexibility index (Phi) is 4.40. The molecule has 0 radical (unpaired) electrons. The molecule has 1 heterocycles. The molecule has 19 heavy (non-hydrogen) atoms. The third-order valence-electron chi connectivity index (χ3n) is 3.72. The highest BCUT2D eigenvalue weighted by Gasteiger charge is 2.20. The molecule has 1 aromatic heterocycles. The Morgan fingerprint density at radius 1 is 1.42 bits per heavy atom. The van der Waals surface area contributed by atoms with E-state index in [0.717, 1.165) is 56.3 Å². The van der Waals surface area contributed by atoms with Crippen LogP contribution in [0.5, 0.6) is 0 Å². The minimum atomic E-state index is -0.876. The fourth-order valence-electron chi connectivity index (χ4n) is 2.57. The summed E-state index contributed by atoms with van der Waals surface area (Å²) in [7, 11) is 1.93. The summed E-state index contributed by atoms with van der Waals surface area (Å²) in [5.74, 6) is -0.249. The monoisotopic (exact) mass is 262 g/mol. The molecule has 0 aliphatic heterocycles. The van der Waals surface area contributed by atoms with Gasteiger partial charge in [-0.1, -0.05) is 13.3 Å². The van der Waals surface area contributed by atoms with Crippen molar-refractivity contribution < 1.29 is 9.90 Å². The van der Waals surface area contributed by atoms with Crippen molar-refractivity contribution in [1.82, 2.24) is 4.98 Å². The van der Waals surface area contributed by atoms with E-state index >= 15 is 0 Å². The van der Waals surface area contributed by atoms with Crippen molar-refractivity contribution in [2.24, 2.45) is 0 Å². The van der Waals surface area contributed by atoms with E-state index in [1.807, 2.05) is 18.0 Å². The van der Waals surface area contributed by atoms with Crippen LogP contribution in [0.25, 0.3) is 0 Å². The van der Waals surface area contributed by atoms with E-state index in [1.54, 1.807) is 0 Å². The van der Waals surface area contributed by atoms with Crippen molar-refractivity contribution in [3.63, 3.8) is 0 Å². The molecular weight excluding hydrogens is 240 g/mol. The van der Waals surface area contributed by atoms with Gasteiger partial charge in [0.25, 0.3) is 0 Å². The molecule has 0 fully saturated rings. The van der Waals surface area contributed by atoms with Crippen molar-refractivity contribution in [1.29, 1.82) is 0 Å². The van der Waals surface area contributed by atoms with Crippen LogP contribution in [0, 0.1) is 0 Å². The van der Waals surface area contributed by atoms with E-state index in [4.69, 9.17) is 0 Å². The highest BCUT2D eigenvalue weighted by Crippen LogP contribution is 2.26. The minimum Gasteiger partial charge on any atom is -0.478 e. The lowest BCUT2D eigenvalue weighted by Gasteiger charge is -2.23. The van der Waals surface area contributed by atoms with Gasteiger partial charge in [0.05, 0.1) is 0 Å². The molecule has 104 valence electrons. The highest BCUT2D eigenvalue weighted by atomic mass is 16.4. The van der Waals surface area contributed by atoms with E-state index < -0.39 is 5.97 Å². The van der Waals surface area contributed by atoms with Gasteiger partial charge in [-0.25, -0.2) is 9.78 Å². The Bertz CT molecular complexity index is 471. The topological polar surface area (TPSA) is 53.4 Å². The Morgan fingerprint density at radius 2 is 2.16 bits per heavy atom. The summed E-state index contributed by atoms with van der Waals surface area (Å²) in [6, 6.07) is 1.83. The Labute approximate surface area is 114 Å². The number of carboxylic acids is 1. The number of hydrogen-bond donors (Lipinski definition) is 1. The molecule has 1 aliphatic rings. The maximum Gasteiger partial charge on any atom is 0.339 e. The predicted octanol–water partition coefficient (Wildman–Crippen LogP) is 2.89. The number of aryl methyl sites for hydroxylation is 2.